The molecule has 4 nitrogen and oxygen atoms in total. The van der Waals surface area contributed by atoms with E-state index in [0.29, 0.717) is 5.92 Å². The van der Waals surface area contributed by atoms with Gasteiger partial charge in [-0.05, 0) is 45.1 Å². The number of epoxide rings is 1. The summed E-state index contributed by atoms with van der Waals surface area (Å²) >= 11 is 0. The van der Waals surface area contributed by atoms with Crippen molar-refractivity contribution in [1.29, 1.82) is 0 Å². The Hall–Kier alpha value is -1.55. The van der Waals surface area contributed by atoms with Gasteiger partial charge in [0.2, 0.25) is 0 Å². The number of carbonyl (C=O) groups is 1. The molecule has 2 aliphatic carbocycles. The van der Waals surface area contributed by atoms with Gasteiger partial charge in [-0.2, -0.15) is 0 Å². The minimum absolute atomic E-state index is 0.220. The molecule has 0 bridgehead atoms. The van der Waals surface area contributed by atoms with Crippen LogP contribution in [-0.2, 0) is 20.7 Å². The molecule has 130 valence electrons. The van der Waals surface area contributed by atoms with Crippen LogP contribution >= 0.6 is 0 Å². The molecule has 2 fully saturated rings. The van der Waals surface area contributed by atoms with Crippen molar-refractivity contribution in [2.45, 2.75) is 71.7 Å². The molecule has 1 aliphatic heterocycles. The molecule has 1 saturated heterocycles. The Kier molecular flexibility index (Phi) is 3.31. The molecule has 24 heavy (non-hydrogen) atoms. The van der Waals surface area contributed by atoms with Crippen LogP contribution in [0.2, 0.25) is 0 Å². The van der Waals surface area contributed by atoms with E-state index in [1.54, 1.807) is 12.3 Å². The number of fused-ring (bicyclic) bond motifs is 1. The average Bonchev–Trinajstić information content (AvgIpc) is 3.10. The van der Waals surface area contributed by atoms with Gasteiger partial charge in [0.05, 0.1) is 12.4 Å². The molecular formula is C20H26O4. The molecule has 1 aromatic heterocycles. The molecule has 2 heterocycles. The van der Waals surface area contributed by atoms with Gasteiger partial charge in [-0.15, -0.1) is 0 Å². The fourth-order valence-corrected chi connectivity index (χ4v) is 5.03. The molecule has 0 N–H and O–H groups in total. The number of hydrogen-bond donors (Lipinski definition) is 0. The molecule has 1 saturated carbocycles. The minimum atomic E-state index is -0.316. The maximum absolute atomic E-state index is 12.4. The molecule has 0 aromatic carbocycles. The van der Waals surface area contributed by atoms with E-state index >= 15 is 0 Å². The van der Waals surface area contributed by atoms with Gasteiger partial charge in [0.1, 0.15) is 17.5 Å². The van der Waals surface area contributed by atoms with Crippen molar-refractivity contribution in [3.63, 3.8) is 0 Å². The first-order valence-corrected chi connectivity index (χ1v) is 8.90. The number of esters is 1. The van der Waals surface area contributed by atoms with Crippen molar-refractivity contribution in [2.75, 3.05) is 0 Å². The summed E-state index contributed by atoms with van der Waals surface area (Å²) in [6.45, 7) is 10.4. The Morgan fingerprint density at radius 3 is 2.83 bits per heavy atom. The number of aryl methyl sites for hydroxylation is 1. The standard InChI is InChI=1S/C20H26O4/c1-11(2)8-16(21)23-18-17-12(3)10-22-14(17)9-20-15(24-20)7-6-13(4)19(18,20)5/h8,10,13,15,18H,6-7,9H2,1-5H3/t13-,15+,18+,19-,20+/m0/s1. The first kappa shape index (κ1) is 15.9. The summed E-state index contributed by atoms with van der Waals surface area (Å²) in [4.78, 5) is 12.4. The molecule has 4 heteroatoms. The second-order valence-electron chi connectivity index (χ2n) is 8.23. The number of carbonyl (C=O) groups excluding carboxylic acids is 1. The lowest BCUT2D eigenvalue weighted by Crippen LogP contribution is -2.54. The quantitative estimate of drug-likeness (QED) is 0.462. The predicted octanol–water partition coefficient (Wildman–Crippen LogP) is 4.27. The van der Waals surface area contributed by atoms with Crippen LogP contribution in [0.1, 0.15) is 63.5 Å². The zero-order chi connectivity index (χ0) is 17.3. The SMILES string of the molecule is CC(C)=CC(=O)O[C@@H]1c2c(C)coc2C[C@@]23O[C@@H]2CC[C@H](C)[C@@]13C. The van der Waals surface area contributed by atoms with Gasteiger partial charge in [0.25, 0.3) is 0 Å². The number of furan rings is 1. The summed E-state index contributed by atoms with van der Waals surface area (Å²) in [6, 6.07) is 0. The zero-order valence-corrected chi connectivity index (χ0v) is 15.1. The third kappa shape index (κ3) is 1.92. The highest BCUT2D eigenvalue weighted by Crippen LogP contribution is 2.69. The van der Waals surface area contributed by atoms with Gasteiger partial charge < -0.3 is 13.9 Å². The second kappa shape index (κ2) is 4.98. The highest BCUT2D eigenvalue weighted by Gasteiger charge is 2.75. The van der Waals surface area contributed by atoms with Crippen LogP contribution in [0.3, 0.4) is 0 Å². The first-order chi connectivity index (χ1) is 11.3. The molecule has 3 aliphatic rings. The Bertz CT molecular complexity index is 726. The fourth-order valence-electron chi connectivity index (χ4n) is 5.03. The van der Waals surface area contributed by atoms with E-state index in [1.807, 2.05) is 20.8 Å². The van der Waals surface area contributed by atoms with E-state index in [4.69, 9.17) is 13.9 Å². The zero-order valence-electron chi connectivity index (χ0n) is 15.1. The lowest BCUT2D eigenvalue weighted by atomic mass is 9.53. The van der Waals surface area contributed by atoms with Gasteiger partial charge in [0.15, 0.2) is 0 Å². The topological polar surface area (TPSA) is 52.0 Å². The number of allylic oxidation sites excluding steroid dienone is 1. The largest absolute Gasteiger partial charge is 0.469 e. The second-order valence-corrected chi connectivity index (χ2v) is 8.23. The molecule has 0 unspecified atom stereocenters. The van der Waals surface area contributed by atoms with Crippen LogP contribution in [-0.4, -0.2) is 17.7 Å². The summed E-state index contributed by atoms with van der Waals surface area (Å²) in [5.41, 5.74) is 2.60. The predicted molar refractivity (Wildman–Crippen MR) is 89.5 cm³/mol. The van der Waals surface area contributed by atoms with Gasteiger partial charge in [-0.1, -0.05) is 19.4 Å². The van der Waals surface area contributed by atoms with Crippen molar-refractivity contribution in [3.8, 4) is 0 Å². The van der Waals surface area contributed by atoms with E-state index in [-0.39, 0.29) is 29.2 Å². The molecular weight excluding hydrogens is 304 g/mol. The Morgan fingerprint density at radius 1 is 1.38 bits per heavy atom. The molecule has 1 aromatic rings. The summed E-state index contributed by atoms with van der Waals surface area (Å²) in [7, 11) is 0. The van der Waals surface area contributed by atoms with Gasteiger partial charge in [-0.3, -0.25) is 0 Å². The van der Waals surface area contributed by atoms with E-state index in [9.17, 15) is 4.79 Å². The van der Waals surface area contributed by atoms with Gasteiger partial charge >= 0.3 is 5.97 Å². The van der Waals surface area contributed by atoms with Crippen molar-refractivity contribution in [1.82, 2.24) is 0 Å². The lowest BCUT2D eigenvalue weighted by molar-refractivity contribution is -0.163. The van der Waals surface area contributed by atoms with E-state index < -0.39 is 0 Å². The van der Waals surface area contributed by atoms with Gasteiger partial charge in [-0.25, -0.2) is 4.79 Å². The van der Waals surface area contributed by atoms with Crippen LogP contribution in [0.4, 0.5) is 0 Å². The van der Waals surface area contributed by atoms with Crippen molar-refractivity contribution in [3.05, 3.63) is 34.8 Å². The van der Waals surface area contributed by atoms with Crippen molar-refractivity contribution < 1.29 is 18.7 Å². The van der Waals surface area contributed by atoms with Crippen LogP contribution in [0.5, 0.6) is 0 Å². The summed E-state index contributed by atoms with van der Waals surface area (Å²) < 4.78 is 18.1. The third-order valence-electron chi connectivity index (χ3n) is 6.59. The van der Waals surface area contributed by atoms with Crippen molar-refractivity contribution >= 4 is 5.97 Å². The molecule has 0 radical (unpaired) electrons. The summed E-state index contributed by atoms with van der Waals surface area (Å²) in [5, 5.41) is 0. The minimum Gasteiger partial charge on any atom is -0.469 e. The summed E-state index contributed by atoms with van der Waals surface area (Å²) in [6.07, 6.45) is 6.28. The third-order valence-corrected chi connectivity index (χ3v) is 6.59. The van der Waals surface area contributed by atoms with Crippen LogP contribution in [0.15, 0.2) is 22.3 Å². The van der Waals surface area contributed by atoms with Crippen molar-refractivity contribution in [2.24, 2.45) is 11.3 Å². The molecule has 1 spiro atoms. The Morgan fingerprint density at radius 2 is 2.12 bits per heavy atom. The maximum atomic E-state index is 12.4. The molecule has 0 amide bonds. The van der Waals surface area contributed by atoms with E-state index in [0.717, 1.165) is 41.7 Å². The van der Waals surface area contributed by atoms with Crippen LogP contribution < -0.4 is 0 Å². The number of rotatable bonds is 2. The average molecular weight is 330 g/mol. The first-order valence-electron chi connectivity index (χ1n) is 8.90. The highest BCUT2D eigenvalue weighted by atomic mass is 16.6. The van der Waals surface area contributed by atoms with Crippen LogP contribution in [0, 0.1) is 18.3 Å². The highest BCUT2D eigenvalue weighted by molar-refractivity contribution is 5.83. The monoisotopic (exact) mass is 330 g/mol. The lowest BCUT2D eigenvalue weighted by Gasteiger charge is -2.50. The number of ether oxygens (including phenoxy) is 2. The Labute approximate surface area is 143 Å². The van der Waals surface area contributed by atoms with Crippen LogP contribution in [0.25, 0.3) is 0 Å². The number of hydrogen-bond acceptors (Lipinski definition) is 4. The van der Waals surface area contributed by atoms with E-state index in [1.165, 1.54) is 0 Å². The Balaban J connectivity index is 1.82. The normalized spacial score (nSPS) is 39.3. The molecule has 5 atom stereocenters. The van der Waals surface area contributed by atoms with Gasteiger partial charge in [0, 0.05) is 23.5 Å². The summed E-state index contributed by atoms with van der Waals surface area (Å²) in [5.74, 6) is 1.07. The smallest absolute Gasteiger partial charge is 0.331 e. The van der Waals surface area contributed by atoms with E-state index in [2.05, 4.69) is 13.8 Å². The maximum Gasteiger partial charge on any atom is 0.331 e. The molecule has 4 rings (SSSR count). The fraction of sp³-hybridized carbons (Fsp3) is 0.650.